The molecule has 2 aromatic carbocycles. The maximum atomic E-state index is 12.4. The summed E-state index contributed by atoms with van der Waals surface area (Å²) in [5, 5.41) is 8.90. The van der Waals surface area contributed by atoms with Crippen LogP contribution in [-0.2, 0) is 4.79 Å². The number of ketones is 1. The van der Waals surface area contributed by atoms with Crippen molar-refractivity contribution in [2.45, 2.75) is 13.0 Å². The van der Waals surface area contributed by atoms with Gasteiger partial charge in [-0.2, -0.15) is 0 Å². The summed E-state index contributed by atoms with van der Waals surface area (Å²) in [6.07, 6.45) is 0.632. The Labute approximate surface area is 144 Å². The fourth-order valence-corrected chi connectivity index (χ4v) is 2.38. The molecule has 1 aliphatic rings. The fourth-order valence-electron chi connectivity index (χ4n) is 2.38. The molecule has 0 amide bonds. The summed E-state index contributed by atoms with van der Waals surface area (Å²) in [5.74, 6) is 0.215. The molecule has 0 saturated carbocycles. The first-order valence-corrected chi connectivity index (χ1v) is 7.60. The van der Waals surface area contributed by atoms with E-state index >= 15 is 0 Å². The molecule has 6 nitrogen and oxygen atoms in total. The Kier molecular flexibility index (Phi) is 4.43. The van der Waals surface area contributed by atoms with Crippen molar-refractivity contribution < 1.29 is 28.9 Å². The van der Waals surface area contributed by atoms with Crippen LogP contribution < -0.4 is 14.2 Å². The smallest absolute Gasteiger partial charge is 0.344 e. The molecule has 1 aliphatic heterocycles. The third kappa shape index (κ3) is 3.47. The maximum Gasteiger partial charge on any atom is 0.344 e. The van der Waals surface area contributed by atoms with Crippen LogP contribution in [0.4, 0.5) is 0 Å². The number of carbonyl (C=O) groups excluding carboxylic acids is 1. The third-order valence-electron chi connectivity index (χ3n) is 3.69. The summed E-state index contributed by atoms with van der Waals surface area (Å²) in [5.41, 5.74) is 1.18. The lowest BCUT2D eigenvalue weighted by Crippen LogP contribution is -2.22. The number of benzene rings is 2. The van der Waals surface area contributed by atoms with Crippen LogP contribution in [-0.4, -0.2) is 30.1 Å². The highest BCUT2D eigenvalue weighted by Gasteiger charge is 2.28. The van der Waals surface area contributed by atoms with Crippen molar-refractivity contribution in [3.63, 3.8) is 0 Å². The van der Waals surface area contributed by atoms with Crippen molar-refractivity contribution in [3.05, 3.63) is 59.4 Å². The summed E-state index contributed by atoms with van der Waals surface area (Å²) >= 11 is 0. The van der Waals surface area contributed by atoms with E-state index < -0.39 is 12.1 Å². The lowest BCUT2D eigenvalue weighted by atomic mass is 10.1. The van der Waals surface area contributed by atoms with E-state index in [2.05, 4.69) is 0 Å². The standard InChI is InChI=1S/C19H16O6/c1-11(19(21)22)24-14-6-7-15-16(10-14)25-17(18(15)20)9-12-4-3-5-13(8-12)23-2/h3-11H,1-2H3,(H,21,22)/b17-9-/t11-/m1/s1. The van der Waals surface area contributed by atoms with Gasteiger partial charge in [-0.15, -0.1) is 0 Å². The highest BCUT2D eigenvalue weighted by atomic mass is 16.5. The third-order valence-corrected chi connectivity index (χ3v) is 3.69. The van der Waals surface area contributed by atoms with E-state index in [1.165, 1.54) is 13.0 Å². The molecular weight excluding hydrogens is 324 g/mol. The Balaban J connectivity index is 1.85. The van der Waals surface area contributed by atoms with E-state index in [4.69, 9.17) is 19.3 Å². The van der Waals surface area contributed by atoms with Gasteiger partial charge in [-0.3, -0.25) is 4.79 Å². The van der Waals surface area contributed by atoms with Crippen LogP contribution in [0.2, 0.25) is 0 Å². The van der Waals surface area contributed by atoms with Crippen molar-refractivity contribution in [2.24, 2.45) is 0 Å². The van der Waals surface area contributed by atoms with E-state index in [0.29, 0.717) is 22.8 Å². The predicted octanol–water partition coefficient (Wildman–Crippen LogP) is 3.16. The number of fused-ring (bicyclic) bond motifs is 1. The lowest BCUT2D eigenvalue weighted by Gasteiger charge is -2.10. The quantitative estimate of drug-likeness (QED) is 0.842. The van der Waals surface area contributed by atoms with Gasteiger partial charge >= 0.3 is 5.97 Å². The summed E-state index contributed by atoms with van der Waals surface area (Å²) in [4.78, 5) is 23.3. The van der Waals surface area contributed by atoms with Crippen molar-refractivity contribution in [1.82, 2.24) is 0 Å². The first-order chi connectivity index (χ1) is 12.0. The first kappa shape index (κ1) is 16.6. The van der Waals surface area contributed by atoms with Gasteiger partial charge in [-0.1, -0.05) is 12.1 Å². The summed E-state index contributed by atoms with van der Waals surface area (Å²) in [7, 11) is 1.57. The van der Waals surface area contributed by atoms with E-state index in [1.54, 1.807) is 37.5 Å². The Morgan fingerprint density at radius 1 is 1.20 bits per heavy atom. The molecule has 0 aromatic heterocycles. The number of hydrogen-bond donors (Lipinski definition) is 1. The molecule has 0 unspecified atom stereocenters. The molecule has 0 saturated heterocycles. The van der Waals surface area contributed by atoms with Crippen LogP contribution in [0, 0.1) is 0 Å². The van der Waals surface area contributed by atoms with E-state index in [1.807, 2.05) is 12.1 Å². The zero-order valence-electron chi connectivity index (χ0n) is 13.7. The molecular formula is C19H16O6. The number of aliphatic carboxylic acids is 1. The van der Waals surface area contributed by atoms with Gasteiger partial charge in [0.15, 0.2) is 11.9 Å². The van der Waals surface area contributed by atoms with Crippen LogP contribution in [0.15, 0.2) is 48.2 Å². The van der Waals surface area contributed by atoms with Crippen LogP contribution in [0.1, 0.15) is 22.8 Å². The number of carboxylic acid groups (broad SMARTS) is 1. The Morgan fingerprint density at radius 3 is 2.72 bits per heavy atom. The van der Waals surface area contributed by atoms with Gasteiger partial charge in [0.25, 0.3) is 0 Å². The number of rotatable bonds is 5. The van der Waals surface area contributed by atoms with Crippen LogP contribution in [0.3, 0.4) is 0 Å². The molecule has 0 spiro atoms. The minimum Gasteiger partial charge on any atom is -0.497 e. The zero-order valence-corrected chi connectivity index (χ0v) is 13.7. The van der Waals surface area contributed by atoms with Crippen molar-refractivity contribution in [2.75, 3.05) is 7.11 Å². The minimum atomic E-state index is -1.07. The lowest BCUT2D eigenvalue weighted by molar-refractivity contribution is -0.144. The number of hydrogen-bond acceptors (Lipinski definition) is 5. The average molecular weight is 340 g/mol. The molecule has 0 radical (unpaired) electrons. The van der Waals surface area contributed by atoms with Crippen molar-refractivity contribution in [3.8, 4) is 17.2 Å². The van der Waals surface area contributed by atoms with E-state index in [0.717, 1.165) is 5.56 Å². The van der Waals surface area contributed by atoms with Gasteiger partial charge in [0, 0.05) is 6.07 Å². The maximum absolute atomic E-state index is 12.4. The summed E-state index contributed by atoms with van der Waals surface area (Å²) in [6.45, 7) is 1.43. The molecule has 3 rings (SSSR count). The molecule has 0 fully saturated rings. The van der Waals surface area contributed by atoms with Crippen molar-refractivity contribution >= 4 is 17.8 Å². The van der Waals surface area contributed by atoms with E-state index in [9.17, 15) is 9.59 Å². The monoisotopic (exact) mass is 340 g/mol. The molecule has 2 aromatic rings. The second-order valence-electron chi connectivity index (χ2n) is 5.47. The van der Waals surface area contributed by atoms with Gasteiger partial charge in [0.05, 0.1) is 12.7 Å². The molecule has 1 N–H and O–H groups in total. The molecule has 128 valence electrons. The normalized spacial score (nSPS) is 15.4. The topological polar surface area (TPSA) is 82.1 Å². The number of carboxylic acids is 1. The fraction of sp³-hybridized carbons (Fsp3) is 0.158. The van der Waals surface area contributed by atoms with Crippen molar-refractivity contribution in [1.29, 1.82) is 0 Å². The zero-order chi connectivity index (χ0) is 18.0. The molecule has 6 heteroatoms. The summed E-state index contributed by atoms with van der Waals surface area (Å²) in [6, 6.07) is 11.9. The molecule has 25 heavy (non-hydrogen) atoms. The van der Waals surface area contributed by atoms with Crippen LogP contribution >= 0.6 is 0 Å². The largest absolute Gasteiger partial charge is 0.497 e. The first-order valence-electron chi connectivity index (χ1n) is 7.60. The second-order valence-corrected chi connectivity index (χ2v) is 5.47. The van der Waals surface area contributed by atoms with Gasteiger partial charge in [0.1, 0.15) is 17.2 Å². The molecule has 0 bridgehead atoms. The highest BCUT2D eigenvalue weighted by molar-refractivity contribution is 6.14. The van der Waals surface area contributed by atoms with Gasteiger partial charge in [-0.05, 0) is 42.8 Å². The number of methoxy groups -OCH3 is 1. The van der Waals surface area contributed by atoms with Gasteiger partial charge in [-0.25, -0.2) is 4.79 Å². The molecule has 0 aliphatic carbocycles. The number of carbonyl (C=O) groups is 2. The molecule has 1 atom stereocenters. The molecule has 1 heterocycles. The number of allylic oxidation sites excluding steroid dienone is 1. The average Bonchev–Trinajstić information content (AvgIpc) is 2.90. The Bertz CT molecular complexity index is 868. The highest BCUT2D eigenvalue weighted by Crippen LogP contribution is 2.35. The summed E-state index contributed by atoms with van der Waals surface area (Å²) < 4.78 is 16.1. The van der Waals surface area contributed by atoms with E-state index in [-0.39, 0.29) is 11.5 Å². The Morgan fingerprint density at radius 2 is 2.00 bits per heavy atom. The SMILES string of the molecule is COc1cccc(/C=C2\Oc3cc(O[C@H](C)C(=O)O)ccc3C2=O)c1. The van der Waals surface area contributed by atoms with Gasteiger partial charge in [0.2, 0.25) is 5.78 Å². The van der Waals surface area contributed by atoms with Crippen LogP contribution in [0.25, 0.3) is 6.08 Å². The minimum absolute atomic E-state index is 0.187. The Hall–Kier alpha value is -3.28. The van der Waals surface area contributed by atoms with Crippen LogP contribution in [0.5, 0.6) is 17.2 Å². The van der Waals surface area contributed by atoms with Gasteiger partial charge < -0.3 is 19.3 Å². The number of ether oxygens (including phenoxy) is 3. The number of Topliss-reactive ketones (excluding diaryl/α,β-unsaturated/α-hetero) is 1. The second kappa shape index (κ2) is 6.68. The predicted molar refractivity (Wildman–Crippen MR) is 90.1 cm³/mol.